The van der Waals surface area contributed by atoms with Crippen molar-refractivity contribution in [3.8, 4) is 5.75 Å². The topological polar surface area (TPSA) is 46.8 Å². The molecule has 2 aromatic carbocycles. The Kier molecular flexibility index (Phi) is 4.30. The minimum absolute atomic E-state index is 0.0920. The summed E-state index contributed by atoms with van der Waals surface area (Å²) in [5.74, 6) is 0.463. The maximum atomic E-state index is 13.5. The Morgan fingerprint density at radius 2 is 2.04 bits per heavy atom. The lowest BCUT2D eigenvalue weighted by Crippen LogP contribution is -2.42. The molecule has 0 amide bonds. The number of hydrogen-bond acceptors (Lipinski definition) is 5. The van der Waals surface area contributed by atoms with Crippen LogP contribution in [0.3, 0.4) is 0 Å². The minimum Gasteiger partial charge on any atom is -0.497 e. The number of thiazole rings is 1. The maximum Gasteiger partial charge on any atom is 0.271 e. The highest BCUT2D eigenvalue weighted by atomic mass is 32.1. The molecule has 0 atom stereocenters. The van der Waals surface area contributed by atoms with Gasteiger partial charge in [0, 0.05) is 5.69 Å². The van der Waals surface area contributed by atoms with Crippen molar-refractivity contribution in [2.45, 2.75) is 6.67 Å². The summed E-state index contributed by atoms with van der Waals surface area (Å²) in [6.45, 7) is 0.749. The fourth-order valence-electron chi connectivity index (χ4n) is 2.80. The van der Waals surface area contributed by atoms with Gasteiger partial charge in [0.15, 0.2) is 4.80 Å². The van der Waals surface area contributed by atoms with E-state index in [2.05, 4.69) is 4.99 Å². The standard InChI is InChI=1S/C19H16FN3O2S/c1-25-16-7-5-13(6-8-16)9-17-18(24)23-12-22(11-21-19(23)26-17)15-4-2-3-14(20)10-15/h2-10H,11-12H2,1H3/b17-9+. The average molecular weight is 369 g/mol. The van der Waals surface area contributed by atoms with E-state index in [-0.39, 0.29) is 11.4 Å². The van der Waals surface area contributed by atoms with Crippen LogP contribution in [0.2, 0.25) is 0 Å². The summed E-state index contributed by atoms with van der Waals surface area (Å²) < 4.78 is 20.8. The summed E-state index contributed by atoms with van der Waals surface area (Å²) >= 11 is 1.36. The van der Waals surface area contributed by atoms with Gasteiger partial charge in [-0.2, -0.15) is 0 Å². The van der Waals surface area contributed by atoms with Crippen LogP contribution in [-0.4, -0.2) is 18.3 Å². The number of benzene rings is 2. The van der Waals surface area contributed by atoms with Crippen LogP contribution in [0.5, 0.6) is 5.75 Å². The molecule has 0 N–H and O–H groups in total. The number of rotatable bonds is 3. The van der Waals surface area contributed by atoms with Crippen molar-refractivity contribution in [3.63, 3.8) is 0 Å². The molecule has 0 spiro atoms. The van der Waals surface area contributed by atoms with Crippen LogP contribution in [0.4, 0.5) is 10.1 Å². The predicted octanol–water partition coefficient (Wildman–Crippen LogP) is 1.94. The molecule has 5 nitrogen and oxygen atoms in total. The second-order valence-corrected chi connectivity index (χ2v) is 6.87. The van der Waals surface area contributed by atoms with Crippen LogP contribution in [0, 0.1) is 5.82 Å². The second kappa shape index (κ2) is 6.76. The van der Waals surface area contributed by atoms with Gasteiger partial charge in [-0.3, -0.25) is 9.36 Å². The Labute approximate surface area is 152 Å². The van der Waals surface area contributed by atoms with E-state index in [9.17, 15) is 9.18 Å². The molecule has 0 saturated heterocycles. The first-order chi connectivity index (χ1) is 12.6. The summed E-state index contributed by atoms with van der Waals surface area (Å²) in [6.07, 6.45) is 1.85. The Morgan fingerprint density at radius 3 is 2.77 bits per heavy atom. The highest BCUT2D eigenvalue weighted by Gasteiger charge is 2.16. The third kappa shape index (κ3) is 3.13. The zero-order valence-corrected chi connectivity index (χ0v) is 14.9. The molecule has 1 aliphatic rings. The lowest BCUT2D eigenvalue weighted by Gasteiger charge is -2.25. The number of methoxy groups -OCH3 is 1. The van der Waals surface area contributed by atoms with E-state index in [1.54, 1.807) is 17.7 Å². The second-order valence-electron chi connectivity index (χ2n) is 5.86. The lowest BCUT2D eigenvalue weighted by molar-refractivity contribution is 0.415. The zero-order valence-electron chi connectivity index (χ0n) is 14.1. The number of aromatic nitrogens is 1. The molecule has 2 heterocycles. The van der Waals surface area contributed by atoms with Crippen molar-refractivity contribution < 1.29 is 9.13 Å². The van der Waals surface area contributed by atoms with Gasteiger partial charge in [0.25, 0.3) is 5.56 Å². The van der Waals surface area contributed by atoms with Crippen LogP contribution >= 0.6 is 11.3 Å². The van der Waals surface area contributed by atoms with Gasteiger partial charge in [-0.15, -0.1) is 0 Å². The highest BCUT2D eigenvalue weighted by Crippen LogP contribution is 2.17. The number of ether oxygens (including phenoxy) is 1. The molecule has 1 aliphatic heterocycles. The Hall–Kier alpha value is -2.93. The van der Waals surface area contributed by atoms with E-state index in [1.807, 2.05) is 41.3 Å². The molecule has 0 saturated carbocycles. The Bertz CT molecular complexity index is 1120. The van der Waals surface area contributed by atoms with Crippen LogP contribution in [-0.2, 0) is 6.67 Å². The van der Waals surface area contributed by atoms with E-state index < -0.39 is 0 Å². The maximum absolute atomic E-state index is 13.5. The van der Waals surface area contributed by atoms with Gasteiger partial charge in [-0.1, -0.05) is 29.5 Å². The van der Waals surface area contributed by atoms with Crippen molar-refractivity contribution in [2.75, 3.05) is 18.7 Å². The summed E-state index contributed by atoms with van der Waals surface area (Å²) in [6, 6.07) is 13.8. The summed E-state index contributed by atoms with van der Waals surface area (Å²) in [5, 5.41) is 0. The van der Waals surface area contributed by atoms with Crippen LogP contribution in [0.15, 0.2) is 58.3 Å². The molecule has 132 valence electrons. The van der Waals surface area contributed by atoms with E-state index >= 15 is 0 Å². The molecule has 1 aromatic heterocycles. The Morgan fingerprint density at radius 1 is 1.23 bits per heavy atom. The van der Waals surface area contributed by atoms with Crippen LogP contribution in [0.1, 0.15) is 5.56 Å². The first-order valence-corrected chi connectivity index (χ1v) is 8.86. The molecule has 4 rings (SSSR count). The molecule has 0 radical (unpaired) electrons. The van der Waals surface area contributed by atoms with E-state index in [4.69, 9.17) is 4.74 Å². The van der Waals surface area contributed by atoms with Gasteiger partial charge in [0.2, 0.25) is 0 Å². The number of anilines is 1. The zero-order chi connectivity index (χ0) is 18.1. The number of nitrogens with zero attached hydrogens (tertiary/aromatic N) is 3. The van der Waals surface area contributed by atoms with Gasteiger partial charge in [-0.05, 0) is 42.0 Å². The quantitative estimate of drug-likeness (QED) is 0.709. The number of halogens is 1. The van der Waals surface area contributed by atoms with E-state index in [0.717, 1.165) is 11.3 Å². The normalized spacial score (nSPS) is 14.1. The highest BCUT2D eigenvalue weighted by molar-refractivity contribution is 7.07. The molecule has 0 bridgehead atoms. The first kappa shape index (κ1) is 16.5. The molecular formula is C19H16FN3O2S. The molecule has 0 aliphatic carbocycles. The summed E-state index contributed by atoms with van der Waals surface area (Å²) in [4.78, 5) is 19.8. The average Bonchev–Trinajstić information content (AvgIpc) is 2.97. The van der Waals surface area contributed by atoms with Gasteiger partial charge in [-0.25, -0.2) is 9.38 Å². The van der Waals surface area contributed by atoms with Crippen molar-refractivity contribution in [1.29, 1.82) is 0 Å². The Balaban J connectivity index is 1.69. The largest absolute Gasteiger partial charge is 0.497 e. The van der Waals surface area contributed by atoms with Crippen LogP contribution in [0.25, 0.3) is 6.08 Å². The van der Waals surface area contributed by atoms with E-state index in [0.29, 0.717) is 28.4 Å². The number of fused-ring (bicyclic) bond motifs is 1. The van der Waals surface area contributed by atoms with Crippen molar-refractivity contribution in [2.24, 2.45) is 4.99 Å². The van der Waals surface area contributed by atoms with Crippen molar-refractivity contribution in [3.05, 3.63) is 79.6 Å². The minimum atomic E-state index is -0.306. The molecule has 0 fully saturated rings. The molecule has 7 heteroatoms. The van der Waals surface area contributed by atoms with Crippen LogP contribution < -0.4 is 24.5 Å². The monoisotopic (exact) mass is 369 g/mol. The van der Waals surface area contributed by atoms with Crippen molar-refractivity contribution >= 4 is 23.1 Å². The molecule has 26 heavy (non-hydrogen) atoms. The fraction of sp³-hybridized carbons (Fsp3) is 0.158. The summed E-state index contributed by atoms with van der Waals surface area (Å²) in [7, 11) is 1.62. The molecule has 3 aromatic rings. The number of hydrogen-bond donors (Lipinski definition) is 0. The van der Waals surface area contributed by atoms with Crippen molar-refractivity contribution in [1.82, 2.24) is 4.57 Å². The third-order valence-electron chi connectivity index (χ3n) is 4.16. The first-order valence-electron chi connectivity index (χ1n) is 8.04. The van der Waals surface area contributed by atoms with Gasteiger partial charge >= 0.3 is 0 Å². The lowest BCUT2D eigenvalue weighted by atomic mass is 10.2. The predicted molar refractivity (Wildman–Crippen MR) is 99.7 cm³/mol. The molecule has 0 unspecified atom stereocenters. The molecular weight excluding hydrogens is 353 g/mol. The van der Waals surface area contributed by atoms with Gasteiger partial charge in [0.1, 0.15) is 24.9 Å². The fourth-order valence-corrected chi connectivity index (χ4v) is 3.76. The smallest absolute Gasteiger partial charge is 0.271 e. The summed E-state index contributed by atoms with van der Waals surface area (Å²) in [5.41, 5.74) is 1.54. The SMILES string of the molecule is COc1ccc(/C=c2/sc3n(c2=O)CN(c2cccc(F)c2)CN=3)cc1. The van der Waals surface area contributed by atoms with Gasteiger partial charge in [0.05, 0.1) is 11.6 Å². The van der Waals surface area contributed by atoms with E-state index in [1.165, 1.54) is 23.5 Å². The third-order valence-corrected chi connectivity index (χ3v) is 5.21. The van der Waals surface area contributed by atoms with Gasteiger partial charge < -0.3 is 9.64 Å².